The van der Waals surface area contributed by atoms with Crippen LogP contribution >= 0.6 is 34.8 Å². The highest BCUT2D eigenvalue weighted by Gasteiger charge is 2.27. The molecule has 1 unspecified atom stereocenters. The fourth-order valence-corrected chi connectivity index (χ4v) is 4.55. The third-order valence-electron chi connectivity index (χ3n) is 4.23. The van der Waals surface area contributed by atoms with Gasteiger partial charge in [-0.25, -0.2) is 8.42 Å². The van der Waals surface area contributed by atoms with Crippen molar-refractivity contribution >= 4 is 56.4 Å². The first-order valence-corrected chi connectivity index (χ1v) is 11.4. The molecule has 9 heteroatoms. The number of hydrogen-bond donors (Lipinski definition) is 2. The molecule has 3 aromatic rings. The van der Waals surface area contributed by atoms with Crippen LogP contribution in [-0.4, -0.2) is 20.4 Å². The molecule has 0 bridgehead atoms. The third-order valence-corrected chi connectivity index (χ3v) is 6.60. The van der Waals surface area contributed by atoms with Gasteiger partial charge in [0.05, 0.1) is 20.6 Å². The molecule has 0 heterocycles. The normalized spacial score (nSPS) is 12.4. The molecule has 0 aliphatic rings. The van der Waals surface area contributed by atoms with Gasteiger partial charge in [0.15, 0.2) is 0 Å². The van der Waals surface area contributed by atoms with Crippen molar-refractivity contribution in [3.8, 4) is 0 Å². The van der Waals surface area contributed by atoms with E-state index in [9.17, 15) is 13.2 Å². The van der Waals surface area contributed by atoms with Crippen molar-refractivity contribution < 1.29 is 13.2 Å². The predicted molar refractivity (Wildman–Crippen MR) is 121 cm³/mol. The van der Waals surface area contributed by atoms with E-state index in [2.05, 4.69) is 10.0 Å². The Balaban J connectivity index is 1.90. The maximum Gasteiger partial charge on any atom is 0.242 e. The van der Waals surface area contributed by atoms with Crippen molar-refractivity contribution in [2.45, 2.75) is 17.4 Å². The van der Waals surface area contributed by atoms with Gasteiger partial charge in [-0.1, -0.05) is 71.2 Å². The number of hydrogen-bond acceptors (Lipinski definition) is 3. The lowest BCUT2D eigenvalue weighted by molar-refractivity contribution is -0.117. The number of amides is 1. The van der Waals surface area contributed by atoms with Gasteiger partial charge >= 0.3 is 0 Å². The number of carbonyl (C=O) groups is 1. The Morgan fingerprint density at radius 1 is 0.833 bits per heavy atom. The van der Waals surface area contributed by atoms with E-state index in [1.54, 1.807) is 30.3 Å². The lowest BCUT2D eigenvalue weighted by Crippen LogP contribution is -2.45. The average Bonchev–Trinajstić information content (AvgIpc) is 2.71. The zero-order chi connectivity index (χ0) is 21.7. The summed E-state index contributed by atoms with van der Waals surface area (Å²) in [5, 5.41) is 3.53. The molecule has 0 radical (unpaired) electrons. The van der Waals surface area contributed by atoms with Gasteiger partial charge in [-0.3, -0.25) is 4.79 Å². The highest BCUT2D eigenvalue weighted by molar-refractivity contribution is 7.89. The first-order chi connectivity index (χ1) is 14.3. The minimum Gasteiger partial charge on any atom is -0.322 e. The van der Waals surface area contributed by atoms with Gasteiger partial charge in [0.25, 0.3) is 0 Å². The minimum absolute atomic E-state index is 0.00598. The first-order valence-electron chi connectivity index (χ1n) is 8.83. The lowest BCUT2D eigenvalue weighted by Gasteiger charge is -2.20. The molecule has 2 N–H and O–H groups in total. The van der Waals surface area contributed by atoms with E-state index in [0.717, 1.165) is 5.56 Å². The summed E-state index contributed by atoms with van der Waals surface area (Å²) in [5.41, 5.74) is 0.997. The fraction of sp³-hybridized carbons (Fsp3) is 0.0952. The Morgan fingerprint density at radius 3 is 2.03 bits per heavy atom. The molecule has 5 nitrogen and oxygen atoms in total. The fourth-order valence-electron chi connectivity index (χ4n) is 2.73. The zero-order valence-corrected chi connectivity index (χ0v) is 18.6. The largest absolute Gasteiger partial charge is 0.322 e. The van der Waals surface area contributed by atoms with Gasteiger partial charge < -0.3 is 5.32 Å². The summed E-state index contributed by atoms with van der Waals surface area (Å²) in [6, 6.07) is 18.4. The summed E-state index contributed by atoms with van der Waals surface area (Å²) in [6.45, 7) is 0. The molecule has 3 rings (SSSR count). The number of benzene rings is 3. The van der Waals surface area contributed by atoms with Crippen LogP contribution in [0, 0.1) is 0 Å². The number of sulfonamides is 1. The highest BCUT2D eigenvalue weighted by atomic mass is 35.5. The second kappa shape index (κ2) is 9.81. The molecule has 1 atom stereocenters. The highest BCUT2D eigenvalue weighted by Crippen LogP contribution is 2.30. The van der Waals surface area contributed by atoms with Gasteiger partial charge in [-0.2, -0.15) is 4.72 Å². The molecule has 0 saturated heterocycles. The Hall–Kier alpha value is -2.09. The Morgan fingerprint density at radius 2 is 1.43 bits per heavy atom. The van der Waals surface area contributed by atoms with Crippen LogP contribution in [0.4, 0.5) is 5.69 Å². The van der Waals surface area contributed by atoms with E-state index in [-0.39, 0.29) is 27.0 Å². The molecule has 0 spiro atoms. The Bertz CT molecular complexity index is 1120. The molecule has 0 aliphatic heterocycles. The van der Waals surface area contributed by atoms with E-state index < -0.39 is 22.0 Å². The van der Waals surface area contributed by atoms with Gasteiger partial charge in [0.2, 0.25) is 15.9 Å². The van der Waals surface area contributed by atoms with Gasteiger partial charge in [0.1, 0.15) is 6.04 Å². The van der Waals surface area contributed by atoms with Crippen molar-refractivity contribution in [1.29, 1.82) is 0 Å². The number of halogens is 3. The Labute approximate surface area is 190 Å². The van der Waals surface area contributed by atoms with Gasteiger partial charge in [0, 0.05) is 5.02 Å². The summed E-state index contributed by atoms with van der Waals surface area (Å²) in [7, 11) is -3.99. The van der Waals surface area contributed by atoms with Gasteiger partial charge in [-0.15, -0.1) is 0 Å². The van der Waals surface area contributed by atoms with Crippen LogP contribution in [0.5, 0.6) is 0 Å². The molecule has 30 heavy (non-hydrogen) atoms. The lowest BCUT2D eigenvalue weighted by atomic mass is 10.1. The van der Waals surface area contributed by atoms with Crippen molar-refractivity contribution in [2.75, 3.05) is 5.32 Å². The monoisotopic (exact) mass is 482 g/mol. The first kappa shape index (κ1) is 22.6. The van der Waals surface area contributed by atoms with Crippen molar-refractivity contribution in [3.63, 3.8) is 0 Å². The van der Waals surface area contributed by atoms with Crippen LogP contribution in [0.25, 0.3) is 0 Å². The maximum atomic E-state index is 13.0. The number of nitrogens with one attached hydrogen (secondary N) is 2. The second-order valence-electron chi connectivity index (χ2n) is 6.40. The molecular weight excluding hydrogens is 467 g/mol. The number of para-hydroxylation sites is 1. The van der Waals surface area contributed by atoms with Crippen LogP contribution in [-0.2, 0) is 21.2 Å². The topological polar surface area (TPSA) is 75.3 Å². The molecule has 1 amide bonds. The predicted octanol–water partition coefficient (Wildman–Crippen LogP) is 5.18. The summed E-state index contributed by atoms with van der Waals surface area (Å²) < 4.78 is 28.2. The van der Waals surface area contributed by atoms with Crippen LogP contribution in [0.15, 0.2) is 77.7 Å². The quantitative estimate of drug-likeness (QED) is 0.486. The van der Waals surface area contributed by atoms with E-state index in [1.807, 2.05) is 18.2 Å². The molecule has 3 aromatic carbocycles. The molecular formula is C21H17Cl3N2O3S. The SMILES string of the molecule is O=C(Nc1c(Cl)cccc1Cl)C(Cc1ccccc1)NS(=O)(=O)c1ccc(Cl)cc1. The average molecular weight is 484 g/mol. The van der Waals surface area contributed by atoms with Crippen LogP contribution in [0.3, 0.4) is 0 Å². The van der Waals surface area contributed by atoms with Crippen LogP contribution in [0.1, 0.15) is 5.56 Å². The van der Waals surface area contributed by atoms with E-state index in [4.69, 9.17) is 34.8 Å². The number of rotatable bonds is 7. The van der Waals surface area contributed by atoms with Crippen molar-refractivity contribution in [3.05, 3.63) is 93.4 Å². The summed E-state index contributed by atoms with van der Waals surface area (Å²) in [5.74, 6) is -0.591. The number of anilines is 1. The molecule has 0 saturated carbocycles. The van der Waals surface area contributed by atoms with E-state index >= 15 is 0 Å². The summed E-state index contributed by atoms with van der Waals surface area (Å²) in [4.78, 5) is 13.0. The maximum absolute atomic E-state index is 13.0. The van der Waals surface area contributed by atoms with Crippen LogP contribution < -0.4 is 10.0 Å². The standard InChI is InChI=1S/C21H17Cl3N2O3S/c22-15-9-11-16(12-10-15)30(28,29)26-19(13-14-5-2-1-3-6-14)21(27)25-20-17(23)7-4-8-18(20)24/h1-12,19,26H,13H2,(H,25,27). The van der Waals surface area contributed by atoms with Crippen molar-refractivity contribution in [2.24, 2.45) is 0 Å². The molecule has 0 fully saturated rings. The molecule has 0 aromatic heterocycles. The third kappa shape index (κ3) is 5.74. The van der Waals surface area contributed by atoms with E-state index in [1.165, 1.54) is 24.3 Å². The van der Waals surface area contributed by atoms with Crippen LogP contribution in [0.2, 0.25) is 15.1 Å². The molecule has 0 aliphatic carbocycles. The van der Waals surface area contributed by atoms with E-state index in [0.29, 0.717) is 5.02 Å². The summed E-state index contributed by atoms with van der Waals surface area (Å²) >= 11 is 18.1. The van der Waals surface area contributed by atoms with Gasteiger partial charge in [-0.05, 0) is 48.4 Å². The Kier molecular flexibility index (Phi) is 7.39. The van der Waals surface area contributed by atoms with Crippen molar-refractivity contribution in [1.82, 2.24) is 4.72 Å². The smallest absolute Gasteiger partial charge is 0.242 e. The second-order valence-corrected chi connectivity index (χ2v) is 9.37. The molecule has 156 valence electrons. The minimum atomic E-state index is -3.99. The summed E-state index contributed by atoms with van der Waals surface area (Å²) in [6.07, 6.45) is 0.127. The number of carbonyl (C=O) groups excluding carboxylic acids is 1. The zero-order valence-electron chi connectivity index (χ0n) is 15.5.